The molecule has 4 rings (SSSR count). The minimum atomic E-state index is -0.218. The van der Waals surface area contributed by atoms with Crippen molar-refractivity contribution in [3.05, 3.63) is 28.2 Å². The van der Waals surface area contributed by atoms with Crippen LogP contribution < -0.4 is 5.32 Å². The summed E-state index contributed by atoms with van der Waals surface area (Å²) in [6.45, 7) is 1.96. The summed E-state index contributed by atoms with van der Waals surface area (Å²) >= 11 is 3.42. The summed E-state index contributed by atoms with van der Waals surface area (Å²) in [5.74, 6) is -0.0711. The number of hydrogen-bond acceptors (Lipinski definition) is 3. The number of anilines is 1. The first-order valence-electron chi connectivity index (χ1n) is 7.32. The van der Waals surface area contributed by atoms with Crippen molar-refractivity contribution in [2.45, 2.75) is 25.9 Å². The zero-order chi connectivity index (χ0) is 14.7. The first-order valence-corrected chi connectivity index (χ1v) is 8.11. The Morgan fingerprint density at radius 1 is 1.38 bits per heavy atom. The topological polar surface area (TPSA) is 55.4 Å². The largest absolute Gasteiger partial charge is 0.462 e. The number of rotatable bonds is 2. The quantitative estimate of drug-likeness (QED) is 0.835. The molecule has 1 aromatic carbocycles. The molecule has 5 heteroatoms. The van der Waals surface area contributed by atoms with Gasteiger partial charge in [0.25, 0.3) is 0 Å². The van der Waals surface area contributed by atoms with Gasteiger partial charge in [0.1, 0.15) is 6.10 Å². The van der Waals surface area contributed by atoms with Gasteiger partial charge >= 0.3 is 5.97 Å². The lowest BCUT2D eigenvalue weighted by molar-refractivity contribution is -0.145. The van der Waals surface area contributed by atoms with Gasteiger partial charge in [-0.05, 0) is 49.4 Å². The van der Waals surface area contributed by atoms with Crippen molar-refractivity contribution in [2.75, 3.05) is 5.32 Å². The Bertz CT molecular complexity index is 642. The summed E-state index contributed by atoms with van der Waals surface area (Å²) in [7, 11) is 0. The van der Waals surface area contributed by atoms with Gasteiger partial charge in [0, 0.05) is 16.1 Å². The number of nitrogens with one attached hydrogen (secondary N) is 1. The Balaban J connectivity index is 1.57. The Morgan fingerprint density at radius 3 is 2.95 bits per heavy atom. The van der Waals surface area contributed by atoms with Gasteiger partial charge < -0.3 is 10.1 Å². The van der Waals surface area contributed by atoms with Crippen LogP contribution >= 0.6 is 15.9 Å². The molecule has 3 fully saturated rings. The molecule has 1 aliphatic heterocycles. The van der Waals surface area contributed by atoms with Crippen LogP contribution in [0.3, 0.4) is 0 Å². The lowest BCUT2D eigenvalue weighted by Crippen LogP contribution is -2.36. The van der Waals surface area contributed by atoms with Crippen LogP contribution in [-0.4, -0.2) is 18.0 Å². The molecule has 21 heavy (non-hydrogen) atoms. The first kappa shape index (κ1) is 13.3. The number of esters is 1. The second-order valence-electron chi connectivity index (χ2n) is 6.37. The lowest BCUT2D eigenvalue weighted by Gasteiger charge is -2.24. The van der Waals surface area contributed by atoms with Crippen LogP contribution in [0.1, 0.15) is 18.4 Å². The standard InChI is InChI=1S/C16H16BrNO3/c1-7-4-9(17)2-3-11(7)18-15(19)13-8-5-10-12(6-8)21-16(20)14(10)13/h2-4,8,10,12-14H,5-6H2,1H3,(H,18,19)/t8-,10+,12-,13-,14+/m1/s1. The van der Waals surface area contributed by atoms with E-state index in [4.69, 9.17) is 4.74 Å². The molecule has 2 saturated carbocycles. The molecular formula is C16H16BrNO3. The van der Waals surface area contributed by atoms with Crippen molar-refractivity contribution in [2.24, 2.45) is 23.7 Å². The maximum absolute atomic E-state index is 12.6. The van der Waals surface area contributed by atoms with Crippen LogP contribution in [0.2, 0.25) is 0 Å². The maximum Gasteiger partial charge on any atom is 0.310 e. The van der Waals surface area contributed by atoms with Crippen molar-refractivity contribution in [1.82, 2.24) is 0 Å². The summed E-state index contributed by atoms with van der Waals surface area (Å²) < 4.78 is 6.37. The van der Waals surface area contributed by atoms with Gasteiger partial charge in [0.15, 0.2) is 0 Å². The molecule has 110 valence electrons. The van der Waals surface area contributed by atoms with E-state index in [1.807, 2.05) is 25.1 Å². The predicted molar refractivity (Wildman–Crippen MR) is 80.6 cm³/mol. The number of benzene rings is 1. The van der Waals surface area contributed by atoms with Crippen LogP contribution in [0, 0.1) is 30.6 Å². The highest BCUT2D eigenvalue weighted by molar-refractivity contribution is 9.10. The van der Waals surface area contributed by atoms with Crippen LogP contribution in [0.5, 0.6) is 0 Å². The Kier molecular flexibility index (Phi) is 2.89. The van der Waals surface area contributed by atoms with E-state index in [1.165, 1.54) is 0 Å². The predicted octanol–water partition coefficient (Wildman–Crippen LogP) is 2.89. The van der Waals surface area contributed by atoms with Gasteiger partial charge in [-0.2, -0.15) is 0 Å². The Labute approximate surface area is 131 Å². The number of fused-ring (bicyclic) bond motifs is 1. The molecular weight excluding hydrogens is 334 g/mol. The molecule has 1 aromatic rings. The lowest BCUT2D eigenvalue weighted by atomic mass is 9.79. The number of aryl methyl sites for hydroxylation is 1. The summed E-state index contributed by atoms with van der Waals surface area (Å²) in [4.78, 5) is 24.6. The molecule has 1 heterocycles. The third-order valence-electron chi connectivity index (χ3n) is 5.23. The molecule has 3 aliphatic rings. The van der Waals surface area contributed by atoms with E-state index in [0.29, 0.717) is 5.92 Å². The van der Waals surface area contributed by atoms with Gasteiger partial charge in [-0.25, -0.2) is 0 Å². The number of hydrogen-bond donors (Lipinski definition) is 1. The highest BCUT2D eigenvalue weighted by Crippen LogP contribution is 2.57. The molecule has 0 spiro atoms. The number of carbonyl (C=O) groups excluding carboxylic acids is 2. The summed E-state index contributed by atoms with van der Waals surface area (Å²) in [5.41, 5.74) is 1.82. The van der Waals surface area contributed by atoms with Crippen molar-refractivity contribution in [3.8, 4) is 0 Å². The number of amides is 1. The van der Waals surface area contributed by atoms with Crippen LogP contribution in [-0.2, 0) is 14.3 Å². The average Bonchev–Trinajstić information content (AvgIpc) is 3.02. The van der Waals surface area contributed by atoms with Gasteiger partial charge in [-0.15, -0.1) is 0 Å². The second kappa shape index (κ2) is 4.57. The fraction of sp³-hybridized carbons (Fsp3) is 0.500. The minimum absolute atomic E-state index is 0.0322. The smallest absolute Gasteiger partial charge is 0.310 e. The fourth-order valence-electron chi connectivity index (χ4n) is 4.35. The third-order valence-corrected chi connectivity index (χ3v) is 5.73. The Hall–Kier alpha value is -1.36. The van der Waals surface area contributed by atoms with E-state index in [2.05, 4.69) is 21.2 Å². The summed E-state index contributed by atoms with van der Waals surface area (Å²) in [5, 5.41) is 3.00. The van der Waals surface area contributed by atoms with E-state index < -0.39 is 0 Å². The van der Waals surface area contributed by atoms with Crippen molar-refractivity contribution >= 4 is 33.5 Å². The molecule has 0 unspecified atom stereocenters. The molecule has 1 N–H and O–H groups in total. The van der Waals surface area contributed by atoms with Crippen molar-refractivity contribution in [3.63, 3.8) is 0 Å². The zero-order valence-electron chi connectivity index (χ0n) is 11.6. The van der Waals surface area contributed by atoms with E-state index in [1.54, 1.807) is 0 Å². The highest BCUT2D eigenvalue weighted by Gasteiger charge is 2.63. The number of carbonyl (C=O) groups is 2. The van der Waals surface area contributed by atoms with Gasteiger partial charge in [-0.3, -0.25) is 9.59 Å². The van der Waals surface area contributed by atoms with Gasteiger partial charge in [0.05, 0.1) is 11.8 Å². The van der Waals surface area contributed by atoms with E-state index in [-0.39, 0.29) is 35.7 Å². The molecule has 0 aromatic heterocycles. The Morgan fingerprint density at radius 2 is 2.19 bits per heavy atom. The first-order chi connectivity index (χ1) is 10.0. The van der Waals surface area contributed by atoms with Gasteiger partial charge in [-0.1, -0.05) is 15.9 Å². The molecule has 2 aliphatic carbocycles. The van der Waals surface area contributed by atoms with Crippen LogP contribution in [0.15, 0.2) is 22.7 Å². The van der Waals surface area contributed by atoms with E-state index in [9.17, 15) is 9.59 Å². The maximum atomic E-state index is 12.6. The van der Waals surface area contributed by atoms with E-state index in [0.717, 1.165) is 28.6 Å². The van der Waals surface area contributed by atoms with Crippen molar-refractivity contribution < 1.29 is 14.3 Å². The van der Waals surface area contributed by atoms with Crippen LogP contribution in [0.4, 0.5) is 5.69 Å². The molecule has 4 nitrogen and oxygen atoms in total. The average molecular weight is 350 g/mol. The molecule has 0 radical (unpaired) electrons. The normalized spacial score (nSPS) is 35.9. The molecule has 5 atom stereocenters. The molecule has 1 saturated heterocycles. The fourth-order valence-corrected chi connectivity index (χ4v) is 4.82. The van der Waals surface area contributed by atoms with E-state index >= 15 is 0 Å². The van der Waals surface area contributed by atoms with Crippen molar-refractivity contribution in [1.29, 1.82) is 0 Å². The molecule has 2 bridgehead atoms. The number of ether oxygens (including phenoxy) is 1. The van der Waals surface area contributed by atoms with Gasteiger partial charge in [0.2, 0.25) is 5.91 Å². The van der Waals surface area contributed by atoms with Crippen LogP contribution in [0.25, 0.3) is 0 Å². The minimum Gasteiger partial charge on any atom is -0.462 e. The molecule has 1 amide bonds. The zero-order valence-corrected chi connectivity index (χ0v) is 13.2. The highest BCUT2D eigenvalue weighted by atomic mass is 79.9. The third kappa shape index (κ3) is 1.94. The SMILES string of the molecule is Cc1cc(Br)ccc1NC(=O)[C@@H]1[C@@H]2C[C@@H]3[C@@H]1C(=O)O[C@@H]3C2. The summed E-state index contributed by atoms with van der Waals surface area (Å²) in [6, 6.07) is 5.76. The number of halogens is 1. The second-order valence-corrected chi connectivity index (χ2v) is 7.29. The monoisotopic (exact) mass is 349 g/mol. The summed E-state index contributed by atoms with van der Waals surface area (Å²) in [6.07, 6.45) is 1.88.